The molecular formula is C20H17Cl2N3O3. The number of ether oxygens (including phenoxy) is 1. The SMILES string of the molecule is O=C(CCCOc1ccc(Cl)cc1Cl)Nc1cccc(-c2ccc(=O)[nH]n2)c1. The number of halogens is 2. The molecular weight excluding hydrogens is 401 g/mol. The smallest absolute Gasteiger partial charge is 0.264 e. The average Bonchev–Trinajstić information content (AvgIpc) is 2.67. The van der Waals surface area contributed by atoms with Gasteiger partial charge in [0.25, 0.3) is 5.56 Å². The van der Waals surface area contributed by atoms with Gasteiger partial charge in [-0.1, -0.05) is 35.3 Å². The van der Waals surface area contributed by atoms with Gasteiger partial charge < -0.3 is 10.1 Å². The molecule has 1 amide bonds. The van der Waals surface area contributed by atoms with Gasteiger partial charge in [-0.3, -0.25) is 9.59 Å². The Morgan fingerprint density at radius 2 is 1.96 bits per heavy atom. The Morgan fingerprint density at radius 3 is 2.71 bits per heavy atom. The second kappa shape index (κ2) is 9.39. The van der Waals surface area contributed by atoms with E-state index < -0.39 is 0 Å². The molecule has 3 aromatic rings. The predicted molar refractivity (Wildman–Crippen MR) is 110 cm³/mol. The van der Waals surface area contributed by atoms with Gasteiger partial charge in [-0.2, -0.15) is 5.10 Å². The summed E-state index contributed by atoms with van der Waals surface area (Å²) in [4.78, 5) is 23.3. The number of carbonyl (C=O) groups is 1. The number of hydrogen-bond donors (Lipinski definition) is 2. The van der Waals surface area contributed by atoms with E-state index in [1.807, 2.05) is 12.1 Å². The van der Waals surface area contributed by atoms with Crippen LogP contribution in [-0.4, -0.2) is 22.7 Å². The van der Waals surface area contributed by atoms with Crippen LogP contribution >= 0.6 is 23.2 Å². The van der Waals surface area contributed by atoms with Gasteiger partial charge in [-0.25, -0.2) is 5.10 Å². The van der Waals surface area contributed by atoms with Crippen LogP contribution in [-0.2, 0) is 4.79 Å². The number of H-pyrrole nitrogens is 1. The van der Waals surface area contributed by atoms with E-state index in [1.165, 1.54) is 6.07 Å². The summed E-state index contributed by atoms with van der Waals surface area (Å²) in [5.41, 5.74) is 1.78. The van der Waals surface area contributed by atoms with E-state index in [2.05, 4.69) is 15.5 Å². The fourth-order valence-corrected chi connectivity index (χ4v) is 2.96. The standard InChI is InChI=1S/C20H17Cl2N3O3/c21-14-6-8-18(16(22)12-14)28-10-2-5-19(26)23-15-4-1-3-13(11-15)17-7-9-20(27)25-24-17/h1,3-4,6-9,11-12H,2,5,10H2,(H,23,26)(H,25,27). The molecule has 0 saturated carbocycles. The maximum absolute atomic E-state index is 12.2. The third-order valence-electron chi connectivity index (χ3n) is 3.82. The van der Waals surface area contributed by atoms with Crippen LogP contribution in [0.4, 0.5) is 5.69 Å². The number of aromatic amines is 1. The summed E-state index contributed by atoms with van der Waals surface area (Å²) in [5.74, 6) is 0.407. The predicted octanol–water partition coefficient (Wildman–Crippen LogP) is 4.54. The highest BCUT2D eigenvalue weighted by Gasteiger charge is 2.07. The Bertz CT molecular complexity index is 1020. The van der Waals surface area contributed by atoms with Crippen molar-refractivity contribution in [1.29, 1.82) is 0 Å². The third kappa shape index (κ3) is 5.58. The number of rotatable bonds is 7. The molecule has 0 unspecified atom stereocenters. The van der Waals surface area contributed by atoms with Crippen LogP contribution in [0.1, 0.15) is 12.8 Å². The van der Waals surface area contributed by atoms with E-state index in [0.29, 0.717) is 46.6 Å². The van der Waals surface area contributed by atoms with Gasteiger partial charge in [-0.05, 0) is 42.8 Å². The molecule has 0 fully saturated rings. The lowest BCUT2D eigenvalue weighted by Crippen LogP contribution is -2.13. The van der Waals surface area contributed by atoms with Gasteiger partial charge in [0.2, 0.25) is 5.91 Å². The highest BCUT2D eigenvalue weighted by atomic mass is 35.5. The summed E-state index contributed by atoms with van der Waals surface area (Å²) in [6, 6.07) is 15.3. The topological polar surface area (TPSA) is 84.1 Å². The minimum atomic E-state index is -0.268. The first-order valence-corrected chi connectivity index (χ1v) is 9.31. The van der Waals surface area contributed by atoms with Gasteiger partial charge in [0.05, 0.1) is 17.3 Å². The Balaban J connectivity index is 1.50. The second-order valence-corrected chi connectivity index (χ2v) is 6.81. The van der Waals surface area contributed by atoms with E-state index >= 15 is 0 Å². The Morgan fingerprint density at radius 1 is 1.11 bits per heavy atom. The number of anilines is 1. The quantitative estimate of drug-likeness (QED) is 0.552. The van der Waals surface area contributed by atoms with E-state index in [4.69, 9.17) is 27.9 Å². The van der Waals surface area contributed by atoms with E-state index in [0.717, 1.165) is 5.56 Å². The number of hydrogen-bond acceptors (Lipinski definition) is 4. The van der Waals surface area contributed by atoms with E-state index in [9.17, 15) is 9.59 Å². The maximum Gasteiger partial charge on any atom is 0.264 e. The van der Waals surface area contributed by atoms with Crippen LogP contribution in [0.15, 0.2) is 59.4 Å². The molecule has 6 nitrogen and oxygen atoms in total. The molecule has 0 saturated heterocycles. The van der Waals surface area contributed by atoms with Crippen molar-refractivity contribution in [3.63, 3.8) is 0 Å². The zero-order chi connectivity index (χ0) is 19.9. The second-order valence-electron chi connectivity index (χ2n) is 5.96. The lowest BCUT2D eigenvalue weighted by atomic mass is 10.1. The Hall–Kier alpha value is -2.83. The Kier molecular flexibility index (Phi) is 6.68. The number of amides is 1. The molecule has 1 heterocycles. The molecule has 0 bridgehead atoms. The summed E-state index contributed by atoms with van der Waals surface area (Å²) in [6.07, 6.45) is 0.832. The highest BCUT2D eigenvalue weighted by Crippen LogP contribution is 2.27. The van der Waals surface area contributed by atoms with Gasteiger partial charge >= 0.3 is 0 Å². The van der Waals surface area contributed by atoms with Crippen molar-refractivity contribution in [2.75, 3.05) is 11.9 Å². The molecule has 0 radical (unpaired) electrons. The fraction of sp³-hybridized carbons (Fsp3) is 0.150. The summed E-state index contributed by atoms with van der Waals surface area (Å²) in [5, 5.41) is 10.2. The third-order valence-corrected chi connectivity index (χ3v) is 4.35. The van der Waals surface area contributed by atoms with E-state index in [-0.39, 0.29) is 11.5 Å². The molecule has 144 valence electrons. The number of benzene rings is 2. The van der Waals surface area contributed by atoms with Gasteiger partial charge in [0.1, 0.15) is 5.75 Å². The number of aromatic nitrogens is 2. The molecule has 0 spiro atoms. The lowest BCUT2D eigenvalue weighted by Gasteiger charge is -2.09. The normalized spacial score (nSPS) is 10.5. The zero-order valence-corrected chi connectivity index (χ0v) is 16.3. The van der Waals surface area contributed by atoms with Crippen molar-refractivity contribution >= 4 is 34.8 Å². The van der Waals surface area contributed by atoms with Crippen LogP contribution in [0.5, 0.6) is 5.75 Å². The minimum Gasteiger partial charge on any atom is -0.492 e. The van der Waals surface area contributed by atoms with Crippen LogP contribution in [0.2, 0.25) is 10.0 Å². The minimum absolute atomic E-state index is 0.127. The molecule has 2 aromatic carbocycles. The monoisotopic (exact) mass is 417 g/mol. The van der Waals surface area contributed by atoms with Crippen molar-refractivity contribution in [3.05, 3.63) is 75.0 Å². The fourth-order valence-electron chi connectivity index (χ4n) is 2.49. The van der Waals surface area contributed by atoms with Crippen molar-refractivity contribution in [1.82, 2.24) is 10.2 Å². The maximum atomic E-state index is 12.2. The summed E-state index contributed by atoms with van der Waals surface area (Å²) in [7, 11) is 0. The molecule has 1 aromatic heterocycles. The van der Waals surface area contributed by atoms with Crippen molar-refractivity contribution in [2.45, 2.75) is 12.8 Å². The van der Waals surface area contributed by atoms with Gasteiger partial charge in [-0.15, -0.1) is 0 Å². The zero-order valence-electron chi connectivity index (χ0n) is 14.7. The van der Waals surface area contributed by atoms with Crippen molar-refractivity contribution < 1.29 is 9.53 Å². The molecule has 0 aliphatic carbocycles. The first-order chi connectivity index (χ1) is 13.5. The molecule has 8 heteroatoms. The lowest BCUT2D eigenvalue weighted by molar-refractivity contribution is -0.116. The summed E-state index contributed by atoms with van der Waals surface area (Å²) in [6.45, 7) is 0.357. The molecule has 0 atom stereocenters. The molecule has 3 rings (SSSR count). The van der Waals surface area contributed by atoms with Crippen molar-refractivity contribution in [3.8, 4) is 17.0 Å². The Labute approximate surface area is 171 Å². The van der Waals surface area contributed by atoms with Crippen LogP contribution in [0, 0.1) is 0 Å². The number of carbonyl (C=O) groups excluding carboxylic acids is 1. The largest absolute Gasteiger partial charge is 0.492 e. The van der Waals surface area contributed by atoms with Crippen LogP contribution < -0.4 is 15.6 Å². The first-order valence-electron chi connectivity index (χ1n) is 8.55. The molecule has 2 N–H and O–H groups in total. The number of nitrogens with one attached hydrogen (secondary N) is 2. The van der Waals surface area contributed by atoms with Crippen LogP contribution in [0.3, 0.4) is 0 Å². The highest BCUT2D eigenvalue weighted by molar-refractivity contribution is 6.35. The number of nitrogens with zero attached hydrogens (tertiary/aromatic N) is 1. The summed E-state index contributed by atoms with van der Waals surface area (Å²) < 4.78 is 5.57. The van der Waals surface area contributed by atoms with Crippen molar-refractivity contribution in [2.24, 2.45) is 0 Å². The molecule has 28 heavy (non-hydrogen) atoms. The van der Waals surface area contributed by atoms with Gasteiger partial charge in [0.15, 0.2) is 0 Å². The molecule has 0 aliphatic rings. The molecule has 0 aliphatic heterocycles. The first kappa shape index (κ1) is 19.9. The average molecular weight is 418 g/mol. The van der Waals surface area contributed by atoms with E-state index in [1.54, 1.807) is 36.4 Å². The van der Waals surface area contributed by atoms with Crippen LogP contribution in [0.25, 0.3) is 11.3 Å². The van der Waals surface area contributed by atoms with Gasteiger partial charge in [0, 0.05) is 28.8 Å². The summed E-state index contributed by atoms with van der Waals surface area (Å²) >= 11 is 11.9.